The second kappa shape index (κ2) is 23.5. The van der Waals surface area contributed by atoms with Crippen LogP contribution in [-0.4, -0.2) is 321 Å². The van der Waals surface area contributed by atoms with Crippen molar-refractivity contribution in [3.8, 4) is 0 Å². The van der Waals surface area contributed by atoms with Crippen molar-refractivity contribution in [2.75, 3.05) is 39.6 Å². The van der Waals surface area contributed by atoms with Gasteiger partial charge in [0.15, 0.2) is 37.7 Å². The zero-order chi connectivity index (χ0) is 49.3. The first-order valence-corrected chi connectivity index (χ1v) is 21.2. The van der Waals surface area contributed by atoms with Gasteiger partial charge in [-0.1, -0.05) is 0 Å². The van der Waals surface area contributed by atoms with Gasteiger partial charge in [0, 0.05) is 0 Å². The van der Waals surface area contributed by atoms with E-state index in [1.807, 2.05) is 0 Å². The molecule has 0 amide bonds. The Morgan fingerprint density at radius 1 is 0.343 bits per heavy atom. The van der Waals surface area contributed by atoms with Crippen molar-refractivity contribution in [1.29, 1.82) is 0 Å². The van der Waals surface area contributed by atoms with Gasteiger partial charge >= 0.3 is 0 Å². The Kier molecular flexibility index (Phi) is 19.4. The third kappa shape index (κ3) is 11.2. The van der Waals surface area contributed by atoms with Gasteiger partial charge < -0.3 is 155 Å². The van der Waals surface area contributed by atoms with E-state index in [1.165, 1.54) is 0 Å². The maximum Gasteiger partial charge on any atom is 0.187 e. The molecule has 21 N–H and O–H groups in total. The molecule has 0 spiro atoms. The Hall–Kier alpha value is -1.24. The summed E-state index contributed by atoms with van der Waals surface area (Å²) in [5.74, 6) is 0. The van der Waals surface area contributed by atoms with Crippen LogP contribution in [0.1, 0.15) is 0 Å². The van der Waals surface area contributed by atoms with Gasteiger partial charge in [-0.25, -0.2) is 0 Å². The summed E-state index contributed by atoms with van der Waals surface area (Å²) in [6, 6.07) is -1.48. The van der Waals surface area contributed by atoms with Gasteiger partial charge in [-0.05, 0) is 0 Å². The van der Waals surface area contributed by atoms with Crippen LogP contribution in [0.5, 0.6) is 0 Å². The molecule has 30 atom stereocenters. The van der Waals surface area contributed by atoms with Crippen LogP contribution in [0.25, 0.3) is 0 Å². The number of hydrogen-bond donors (Lipinski definition) is 20. The minimum absolute atomic E-state index is 0.837. The average Bonchev–Trinajstić information content (AvgIpc) is 3.80. The van der Waals surface area contributed by atoms with Crippen LogP contribution in [-0.2, 0) is 52.1 Å². The van der Waals surface area contributed by atoms with Crippen LogP contribution in [0.3, 0.4) is 0 Å². The highest BCUT2D eigenvalue weighted by atomic mass is 16.8. The lowest BCUT2D eigenvalue weighted by atomic mass is 9.95. The van der Waals surface area contributed by atoms with Gasteiger partial charge in [-0.2, -0.15) is 0 Å². The van der Waals surface area contributed by atoms with Gasteiger partial charge in [0.05, 0.1) is 45.7 Å². The molecule has 0 aromatic heterocycles. The maximum atomic E-state index is 11.5. The van der Waals surface area contributed by atoms with Crippen LogP contribution in [0.15, 0.2) is 0 Å². The van der Waals surface area contributed by atoms with Crippen molar-refractivity contribution in [1.82, 2.24) is 0 Å². The molecule has 392 valence electrons. The standard InChI is InChI=1S/C36H63NO30/c37-13-17(49)26(12(6-43)57-31(13)56)63-33-20(52)27(15(47)10(4-41)59-33)64-34-21(53)28(16(48)11(5-42)60-34)65-35-22(54)30(25(61-35)8(45)2-39)67-36-23(55)29(24(62-36)7(44)1-38)66-32-19(51)18(50)14(46)9(3-40)58-32/h7-36,38-56H,1-6,37H2/t7-,8-,9-,10-,11-,12-,13-,14+,15-,16-,17-,18+,19-,20+,21+,22-,23-,24+,25+,26-,27+,28+,29-,30-,31+,32-,33-,34-,35-,36-/m1/s1. The summed E-state index contributed by atoms with van der Waals surface area (Å²) >= 11 is 0. The Balaban J connectivity index is 1.18. The molecule has 0 radical (unpaired) electrons. The van der Waals surface area contributed by atoms with Crippen LogP contribution in [0, 0.1) is 0 Å². The molecule has 6 aliphatic heterocycles. The topological polar surface area (TPSA) is 512 Å². The van der Waals surface area contributed by atoms with E-state index in [0.717, 1.165) is 0 Å². The first kappa shape index (κ1) is 55.1. The Bertz CT molecular complexity index is 1510. The largest absolute Gasteiger partial charge is 0.394 e. The molecular formula is C36H63NO30. The monoisotopic (exact) mass is 989 g/mol. The van der Waals surface area contributed by atoms with E-state index in [-0.39, 0.29) is 0 Å². The third-order valence-corrected chi connectivity index (χ3v) is 12.5. The smallest absolute Gasteiger partial charge is 0.187 e. The highest BCUT2D eigenvalue weighted by Crippen LogP contribution is 2.38. The van der Waals surface area contributed by atoms with E-state index >= 15 is 0 Å². The van der Waals surface area contributed by atoms with E-state index in [9.17, 15) is 97.0 Å². The quantitative estimate of drug-likeness (QED) is 0.0606. The summed E-state index contributed by atoms with van der Waals surface area (Å²) in [5.41, 5.74) is 5.77. The SMILES string of the molecule is N[C@@H]1[C@@H](O)[C@H](O[C@H]2O[C@H](CO)[C@@H](O)[C@H](O[C@H]3O[C@H](CO)[C@@H](O)[C@H](O[C@H]4O[C@@H]([C@H](O)CO)[C@H](O[C@H]5O[C@@H]([C@H](O)CO)[C@H](O[C@H]6O[C@H](CO)[C@H](O)[C@H](O)[C@H]6O)[C@H]5O)[C@H]4O)[C@@H]3O)[C@@H]2O)[C@@H](CO)O[C@@H]1O. The van der Waals surface area contributed by atoms with Gasteiger partial charge in [-0.3, -0.25) is 0 Å². The predicted molar refractivity (Wildman–Crippen MR) is 201 cm³/mol. The summed E-state index contributed by atoms with van der Waals surface area (Å²) in [4.78, 5) is 0. The summed E-state index contributed by atoms with van der Waals surface area (Å²) < 4.78 is 61.4. The summed E-state index contributed by atoms with van der Waals surface area (Å²) in [5, 5.41) is 200. The molecular weight excluding hydrogens is 926 g/mol. The van der Waals surface area contributed by atoms with Crippen LogP contribution < -0.4 is 5.73 Å². The third-order valence-electron chi connectivity index (χ3n) is 12.5. The molecule has 6 fully saturated rings. The first-order chi connectivity index (χ1) is 31.8. The van der Waals surface area contributed by atoms with Crippen molar-refractivity contribution >= 4 is 0 Å². The fourth-order valence-electron chi connectivity index (χ4n) is 8.57. The van der Waals surface area contributed by atoms with Crippen molar-refractivity contribution in [2.45, 2.75) is 184 Å². The molecule has 0 unspecified atom stereocenters. The predicted octanol–water partition coefficient (Wildman–Crippen LogP) is -14.1. The molecule has 0 aromatic rings. The van der Waals surface area contributed by atoms with Crippen molar-refractivity contribution in [2.24, 2.45) is 5.73 Å². The molecule has 31 nitrogen and oxygen atoms in total. The lowest BCUT2D eigenvalue weighted by Crippen LogP contribution is -2.67. The molecule has 0 aromatic carbocycles. The van der Waals surface area contributed by atoms with Crippen molar-refractivity contribution in [3.63, 3.8) is 0 Å². The summed E-state index contributed by atoms with van der Waals surface area (Å²) in [6.45, 7) is -5.73. The van der Waals surface area contributed by atoms with E-state index in [1.54, 1.807) is 0 Å². The zero-order valence-electron chi connectivity index (χ0n) is 35.1. The minimum Gasteiger partial charge on any atom is -0.394 e. The zero-order valence-corrected chi connectivity index (χ0v) is 35.1. The normalized spacial score (nSPS) is 51.8. The van der Waals surface area contributed by atoms with Crippen molar-refractivity contribution in [3.05, 3.63) is 0 Å². The van der Waals surface area contributed by atoms with Gasteiger partial charge in [0.25, 0.3) is 0 Å². The summed E-state index contributed by atoms with van der Waals surface area (Å²) in [7, 11) is 0. The lowest BCUT2D eigenvalue weighted by molar-refractivity contribution is -0.380. The Morgan fingerprint density at radius 2 is 0.672 bits per heavy atom. The Morgan fingerprint density at radius 3 is 1.06 bits per heavy atom. The van der Waals surface area contributed by atoms with E-state index in [4.69, 9.17) is 57.8 Å². The second-order valence-corrected chi connectivity index (χ2v) is 16.8. The number of aliphatic hydroxyl groups is 19. The van der Waals surface area contributed by atoms with E-state index < -0.39 is 224 Å². The fourth-order valence-corrected chi connectivity index (χ4v) is 8.57. The second-order valence-electron chi connectivity index (χ2n) is 16.8. The molecule has 0 aliphatic carbocycles. The molecule has 31 heteroatoms. The van der Waals surface area contributed by atoms with E-state index in [0.29, 0.717) is 0 Å². The molecule has 6 aliphatic rings. The fraction of sp³-hybridized carbons (Fsp3) is 1.00. The average molecular weight is 990 g/mol. The maximum absolute atomic E-state index is 11.5. The Labute approximate surface area is 378 Å². The number of aliphatic hydroxyl groups excluding tert-OH is 19. The highest BCUT2D eigenvalue weighted by Gasteiger charge is 2.59. The number of hydrogen-bond acceptors (Lipinski definition) is 31. The number of rotatable bonds is 18. The first-order valence-electron chi connectivity index (χ1n) is 21.2. The van der Waals surface area contributed by atoms with Gasteiger partial charge in [0.2, 0.25) is 0 Å². The minimum atomic E-state index is -2.21. The van der Waals surface area contributed by atoms with Crippen LogP contribution in [0.2, 0.25) is 0 Å². The molecule has 0 saturated carbocycles. The number of ether oxygens (including phenoxy) is 11. The lowest BCUT2D eigenvalue weighted by Gasteiger charge is -2.48. The van der Waals surface area contributed by atoms with Crippen LogP contribution >= 0.6 is 0 Å². The van der Waals surface area contributed by atoms with Gasteiger partial charge in [-0.15, -0.1) is 0 Å². The number of nitrogens with two attached hydrogens (primary N) is 1. The molecule has 6 heterocycles. The van der Waals surface area contributed by atoms with Crippen molar-refractivity contribution < 1.29 is 149 Å². The molecule has 67 heavy (non-hydrogen) atoms. The highest BCUT2D eigenvalue weighted by molar-refractivity contribution is 5.01. The molecule has 6 saturated heterocycles. The molecule has 6 rings (SSSR count). The van der Waals surface area contributed by atoms with E-state index in [2.05, 4.69) is 0 Å². The van der Waals surface area contributed by atoms with Gasteiger partial charge in [0.1, 0.15) is 140 Å². The summed E-state index contributed by atoms with van der Waals surface area (Å²) in [6.07, 6.45) is -54.4. The molecule has 0 bridgehead atoms. The van der Waals surface area contributed by atoms with Crippen LogP contribution in [0.4, 0.5) is 0 Å².